The first-order chi connectivity index (χ1) is 9.71. The van der Waals surface area contributed by atoms with E-state index >= 15 is 0 Å². The van der Waals surface area contributed by atoms with Gasteiger partial charge in [0.2, 0.25) is 0 Å². The Morgan fingerprint density at radius 2 is 2.05 bits per heavy atom. The lowest BCUT2D eigenvalue weighted by atomic mass is 9.76. The molecule has 2 N–H and O–H groups in total. The molecule has 0 spiro atoms. The van der Waals surface area contributed by atoms with Gasteiger partial charge in [0.05, 0.1) is 11.6 Å². The molecule has 0 bridgehead atoms. The van der Waals surface area contributed by atoms with E-state index in [0.29, 0.717) is 12.1 Å². The van der Waals surface area contributed by atoms with Gasteiger partial charge in [-0.2, -0.15) is 0 Å². The molecule has 2 aliphatic heterocycles. The SMILES string of the molecule is COC1CCCCC1(CN)N1CC2CCCN2CC1C. The first kappa shape index (κ1) is 14.8. The van der Waals surface area contributed by atoms with Crippen molar-refractivity contribution < 1.29 is 4.74 Å². The molecular weight excluding hydrogens is 250 g/mol. The molecule has 20 heavy (non-hydrogen) atoms. The zero-order valence-electron chi connectivity index (χ0n) is 13.2. The molecule has 3 aliphatic rings. The molecule has 1 saturated carbocycles. The predicted octanol–water partition coefficient (Wildman–Crippen LogP) is 1.44. The molecule has 2 heterocycles. The average Bonchev–Trinajstić information content (AvgIpc) is 2.93. The number of methoxy groups -OCH3 is 1. The number of hydrogen-bond donors (Lipinski definition) is 1. The van der Waals surface area contributed by atoms with Gasteiger partial charge >= 0.3 is 0 Å². The predicted molar refractivity (Wildman–Crippen MR) is 81.8 cm³/mol. The highest BCUT2D eigenvalue weighted by atomic mass is 16.5. The van der Waals surface area contributed by atoms with Crippen LogP contribution >= 0.6 is 0 Å². The van der Waals surface area contributed by atoms with Gasteiger partial charge in [-0.15, -0.1) is 0 Å². The van der Waals surface area contributed by atoms with Crippen molar-refractivity contribution in [2.24, 2.45) is 5.73 Å². The number of nitrogens with zero attached hydrogens (tertiary/aromatic N) is 2. The monoisotopic (exact) mass is 281 g/mol. The molecule has 0 radical (unpaired) electrons. The van der Waals surface area contributed by atoms with Crippen molar-refractivity contribution in [2.75, 3.05) is 33.3 Å². The van der Waals surface area contributed by atoms with Crippen molar-refractivity contribution in [3.63, 3.8) is 0 Å². The van der Waals surface area contributed by atoms with Crippen LogP contribution in [0.25, 0.3) is 0 Å². The van der Waals surface area contributed by atoms with Gasteiger partial charge in [-0.1, -0.05) is 12.8 Å². The van der Waals surface area contributed by atoms with Gasteiger partial charge < -0.3 is 10.5 Å². The highest BCUT2D eigenvalue weighted by Crippen LogP contribution is 2.39. The van der Waals surface area contributed by atoms with Crippen LogP contribution in [0.3, 0.4) is 0 Å². The molecule has 4 atom stereocenters. The second kappa shape index (κ2) is 5.91. The molecular formula is C16H31N3O. The maximum absolute atomic E-state index is 6.30. The fourth-order valence-corrected chi connectivity index (χ4v) is 5.01. The first-order valence-corrected chi connectivity index (χ1v) is 8.45. The summed E-state index contributed by atoms with van der Waals surface area (Å²) < 4.78 is 5.88. The van der Waals surface area contributed by atoms with Crippen LogP contribution in [-0.4, -0.2) is 66.8 Å². The van der Waals surface area contributed by atoms with Gasteiger partial charge in [0.1, 0.15) is 0 Å². The number of piperazine rings is 1. The van der Waals surface area contributed by atoms with Crippen molar-refractivity contribution in [2.45, 2.75) is 69.2 Å². The zero-order valence-corrected chi connectivity index (χ0v) is 13.2. The third kappa shape index (κ3) is 2.31. The second-order valence-corrected chi connectivity index (χ2v) is 7.07. The third-order valence-electron chi connectivity index (χ3n) is 6.07. The van der Waals surface area contributed by atoms with E-state index in [1.165, 1.54) is 58.2 Å². The van der Waals surface area contributed by atoms with Crippen LogP contribution in [0, 0.1) is 0 Å². The molecule has 0 aromatic rings. The van der Waals surface area contributed by atoms with Crippen LogP contribution in [0.4, 0.5) is 0 Å². The Bertz CT molecular complexity index is 338. The average molecular weight is 281 g/mol. The summed E-state index contributed by atoms with van der Waals surface area (Å²) in [6, 6.07) is 1.36. The highest BCUT2D eigenvalue weighted by molar-refractivity contribution is 5.06. The lowest BCUT2D eigenvalue weighted by Gasteiger charge is -2.56. The summed E-state index contributed by atoms with van der Waals surface area (Å²) >= 11 is 0. The summed E-state index contributed by atoms with van der Waals surface area (Å²) in [7, 11) is 1.87. The number of nitrogens with two attached hydrogens (primary N) is 1. The summed E-state index contributed by atoms with van der Waals surface area (Å²) in [5.41, 5.74) is 6.38. The topological polar surface area (TPSA) is 41.7 Å². The van der Waals surface area contributed by atoms with Crippen LogP contribution in [0.5, 0.6) is 0 Å². The summed E-state index contributed by atoms with van der Waals surface area (Å²) in [5, 5.41) is 0. The Morgan fingerprint density at radius 3 is 2.80 bits per heavy atom. The molecule has 0 aromatic carbocycles. The lowest BCUT2D eigenvalue weighted by Crippen LogP contribution is -2.70. The zero-order chi connectivity index (χ0) is 14.2. The molecule has 3 fully saturated rings. The summed E-state index contributed by atoms with van der Waals surface area (Å²) in [6.07, 6.45) is 8.02. The summed E-state index contributed by atoms with van der Waals surface area (Å²) in [5.74, 6) is 0. The molecule has 3 rings (SSSR count). The van der Waals surface area contributed by atoms with E-state index in [4.69, 9.17) is 10.5 Å². The van der Waals surface area contributed by atoms with Crippen LogP contribution in [0.2, 0.25) is 0 Å². The summed E-state index contributed by atoms with van der Waals surface area (Å²) in [4.78, 5) is 5.42. The van der Waals surface area contributed by atoms with E-state index in [1.54, 1.807) is 0 Å². The molecule has 4 heteroatoms. The third-order valence-corrected chi connectivity index (χ3v) is 6.07. The minimum Gasteiger partial charge on any atom is -0.379 e. The molecule has 4 unspecified atom stereocenters. The van der Waals surface area contributed by atoms with Gasteiger partial charge in [0.25, 0.3) is 0 Å². The van der Waals surface area contributed by atoms with Crippen molar-refractivity contribution in [3.8, 4) is 0 Å². The fraction of sp³-hybridized carbons (Fsp3) is 1.00. The quantitative estimate of drug-likeness (QED) is 0.850. The fourth-order valence-electron chi connectivity index (χ4n) is 5.01. The van der Waals surface area contributed by atoms with E-state index in [0.717, 1.165) is 12.6 Å². The maximum atomic E-state index is 6.30. The Hall–Kier alpha value is -0.160. The van der Waals surface area contributed by atoms with E-state index in [2.05, 4.69) is 16.7 Å². The first-order valence-electron chi connectivity index (χ1n) is 8.45. The molecule has 0 aromatic heterocycles. The van der Waals surface area contributed by atoms with Crippen LogP contribution in [0.15, 0.2) is 0 Å². The Kier molecular flexibility index (Phi) is 4.37. The molecule has 4 nitrogen and oxygen atoms in total. The Labute approximate surface area is 123 Å². The van der Waals surface area contributed by atoms with Gasteiger partial charge in [0, 0.05) is 38.8 Å². The number of rotatable bonds is 3. The van der Waals surface area contributed by atoms with Gasteiger partial charge in [-0.05, 0) is 39.2 Å². The van der Waals surface area contributed by atoms with E-state index in [-0.39, 0.29) is 5.54 Å². The lowest BCUT2D eigenvalue weighted by molar-refractivity contribution is -0.113. The van der Waals surface area contributed by atoms with Gasteiger partial charge in [-0.25, -0.2) is 0 Å². The van der Waals surface area contributed by atoms with Crippen molar-refractivity contribution in [1.29, 1.82) is 0 Å². The van der Waals surface area contributed by atoms with Crippen molar-refractivity contribution >= 4 is 0 Å². The number of fused-ring (bicyclic) bond motifs is 1. The standard InChI is InChI=1S/C16H31N3O/c1-13-10-18-9-5-6-14(18)11-19(13)16(12-17)8-4-3-7-15(16)20-2/h13-15H,3-12,17H2,1-2H3. The molecule has 0 amide bonds. The maximum Gasteiger partial charge on any atom is 0.0767 e. The van der Waals surface area contributed by atoms with Gasteiger partial charge in [-0.3, -0.25) is 9.80 Å². The molecule has 116 valence electrons. The van der Waals surface area contributed by atoms with Crippen molar-refractivity contribution in [3.05, 3.63) is 0 Å². The minimum atomic E-state index is 0.0844. The molecule has 2 saturated heterocycles. The van der Waals surface area contributed by atoms with E-state index < -0.39 is 0 Å². The summed E-state index contributed by atoms with van der Waals surface area (Å²) in [6.45, 7) is 6.82. The number of hydrogen-bond acceptors (Lipinski definition) is 4. The number of ether oxygens (including phenoxy) is 1. The minimum absolute atomic E-state index is 0.0844. The Balaban J connectivity index is 1.83. The Morgan fingerprint density at radius 1 is 1.20 bits per heavy atom. The van der Waals surface area contributed by atoms with E-state index in [9.17, 15) is 0 Å². The normalized spacial score (nSPS) is 43.6. The van der Waals surface area contributed by atoms with Crippen LogP contribution in [0.1, 0.15) is 45.4 Å². The highest BCUT2D eigenvalue weighted by Gasteiger charge is 2.49. The van der Waals surface area contributed by atoms with Gasteiger partial charge in [0.15, 0.2) is 0 Å². The van der Waals surface area contributed by atoms with Crippen LogP contribution < -0.4 is 5.73 Å². The smallest absolute Gasteiger partial charge is 0.0767 e. The van der Waals surface area contributed by atoms with E-state index in [1.807, 2.05) is 7.11 Å². The van der Waals surface area contributed by atoms with Crippen molar-refractivity contribution in [1.82, 2.24) is 9.80 Å². The second-order valence-electron chi connectivity index (χ2n) is 7.07. The molecule has 1 aliphatic carbocycles. The largest absolute Gasteiger partial charge is 0.379 e. The van der Waals surface area contributed by atoms with Crippen LogP contribution in [-0.2, 0) is 4.74 Å².